The van der Waals surface area contributed by atoms with Crippen LogP contribution in [0.5, 0.6) is 0 Å². The zero-order chi connectivity index (χ0) is 10.6. The fraction of sp³-hybridized carbons (Fsp3) is 0.333. The van der Waals surface area contributed by atoms with Crippen LogP contribution in [0.4, 0.5) is 4.39 Å². The van der Waals surface area contributed by atoms with Crippen LogP contribution < -0.4 is 5.32 Å². The van der Waals surface area contributed by atoms with Crippen LogP contribution in [0.2, 0.25) is 0 Å². The van der Waals surface area contributed by atoms with Crippen molar-refractivity contribution >= 4 is 21.8 Å². The minimum Gasteiger partial charge on any atom is -0.351 e. The maximum Gasteiger partial charge on any atom is 0.254 e. The lowest BCUT2D eigenvalue weighted by atomic mass is 10.2. The van der Waals surface area contributed by atoms with Gasteiger partial charge in [-0.2, -0.15) is 0 Å². The van der Waals surface area contributed by atoms with Gasteiger partial charge in [0.05, 0.1) is 11.8 Å². The van der Waals surface area contributed by atoms with Crippen LogP contribution in [-0.4, -0.2) is 22.3 Å². The maximum atomic E-state index is 13.0. The third-order valence-corrected chi connectivity index (χ3v) is 1.88. The average Bonchev–Trinajstić information content (AvgIpc) is 2.15. The lowest BCUT2D eigenvalue weighted by molar-refractivity contribution is 0.0950. The van der Waals surface area contributed by atoms with E-state index in [1.807, 2.05) is 6.92 Å². The Bertz CT molecular complexity index is 330. The van der Waals surface area contributed by atoms with E-state index in [9.17, 15) is 9.18 Å². The Balaban J connectivity index is 2.65. The molecule has 14 heavy (non-hydrogen) atoms. The number of pyridine rings is 1. The summed E-state index contributed by atoms with van der Waals surface area (Å²) < 4.78 is 13.0. The minimum absolute atomic E-state index is 0.0214. The first kappa shape index (κ1) is 11.1. The molecule has 0 bridgehead atoms. The molecule has 0 spiro atoms. The van der Waals surface area contributed by atoms with Crippen molar-refractivity contribution in [3.8, 4) is 0 Å². The van der Waals surface area contributed by atoms with Gasteiger partial charge in [0, 0.05) is 17.6 Å². The second-order valence-corrected chi connectivity index (χ2v) is 4.41. The molecule has 0 aliphatic heterocycles. The first-order chi connectivity index (χ1) is 6.61. The first-order valence-electron chi connectivity index (χ1n) is 4.13. The number of alkyl halides is 1. The zero-order valence-electron chi connectivity index (χ0n) is 7.63. The number of carbonyl (C=O) groups is 1. The van der Waals surface area contributed by atoms with E-state index in [-0.39, 0.29) is 10.4 Å². The Morgan fingerprint density at radius 1 is 1.79 bits per heavy atom. The lowest BCUT2D eigenvalue weighted by Gasteiger charge is -2.06. The van der Waals surface area contributed by atoms with Crippen molar-refractivity contribution in [2.24, 2.45) is 0 Å². The van der Waals surface area contributed by atoms with Crippen LogP contribution in [0.15, 0.2) is 18.5 Å². The highest BCUT2D eigenvalue weighted by Gasteiger charge is 2.10. The molecule has 0 saturated heterocycles. The van der Waals surface area contributed by atoms with Gasteiger partial charge in [-0.15, -0.1) is 0 Å². The molecule has 0 aromatic carbocycles. The number of halogens is 2. The molecule has 1 atom stereocenters. The summed E-state index contributed by atoms with van der Waals surface area (Å²) in [5.41, 5.74) is 0.0214. The van der Waals surface area contributed by atoms with E-state index >= 15 is 0 Å². The second kappa shape index (κ2) is 5.05. The average molecular weight is 261 g/mol. The number of nitrogens with zero attached hydrogens (tertiary/aromatic N) is 1. The number of hydrogen-bond donors (Lipinski definition) is 1. The van der Waals surface area contributed by atoms with Crippen molar-refractivity contribution in [1.29, 1.82) is 0 Å². The highest BCUT2D eigenvalue weighted by atomic mass is 79.9. The molecule has 1 N–H and O–H groups in total. The molecule has 0 aliphatic rings. The summed E-state index contributed by atoms with van der Waals surface area (Å²) >= 11 is 3.27. The summed E-state index contributed by atoms with van der Waals surface area (Å²) in [6, 6.07) is 1.35. The fourth-order valence-electron chi connectivity index (χ4n) is 0.888. The van der Waals surface area contributed by atoms with Crippen molar-refractivity contribution < 1.29 is 9.18 Å². The van der Waals surface area contributed by atoms with E-state index < -0.39 is 11.7 Å². The monoisotopic (exact) mass is 260 g/mol. The molecular weight excluding hydrogens is 251 g/mol. The summed E-state index contributed by atoms with van der Waals surface area (Å²) in [5.74, 6) is -1.02. The van der Waals surface area contributed by atoms with E-state index in [0.29, 0.717) is 6.54 Å². The molecule has 76 valence electrons. The van der Waals surface area contributed by atoms with Crippen molar-refractivity contribution in [3.05, 3.63) is 29.8 Å². The van der Waals surface area contributed by atoms with Gasteiger partial charge in [0.15, 0.2) is 5.82 Å². The van der Waals surface area contributed by atoms with Crippen LogP contribution in [0, 0.1) is 5.82 Å². The van der Waals surface area contributed by atoms with Crippen LogP contribution in [-0.2, 0) is 0 Å². The third kappa shape index (κ3) is 3.06. The van der Waals surface area contributed by atoms with Gasteiger partial charge in [0.1, 0.15) is 0 Å². The van der Waals surface area contributed by atoms with Crippen LogP contribution in [0.25, 0.3) is 0 Å². The van der Waals surface area contributed by atoms with E-state index in [0.717, 1.165) is 6.20 Å². The van der Waals surface area contributed by atoms with Gasteiger partial charge in [-0.25, -0.2) is 4.39 Å². The highest BCUT2D eigenvalue weighted by Crippen LogP contribution is 2.04. The number of carbonyl (C=O) groups excluding carboxylic acids is 1. The molecule has 1 unspecified atom stereocenters. The van der Waals surface area contributed by atoms with Crippen molar-refractivity contribution in [2.45, 2.75) is 11.8 Å². The Morgan fingerprint density at radius 2 is 2.50 bits per heavy atom. The summed E-state index contributed by atoms with van der Waals surface area (Å²) in [7, 11) is 0. The predicted molar refractivity (Wildman–Crippen MR) is 54.9 cm³/mol. The highest BCUT2D eigenvalue weighted by molar-refractivity contribution is 9.09. The molecular formula is C9H10BrFN2O. The first-order valence-corrected chi connectivity index (χ1v) is 5.04. The SMILES string of the molecule is CC(Br)CNC(=O)c1ccncc1F. The van der Waals surface area contributed by atoms with Crippen LogP contribution in [0.3, 0.4) is 0 Å². The quantitative estimate of drug-likeness (QED) is 0.842. The van der Waals surface area contributed by atoms with Gasteiger partial charge >= 0.3 is 0 Å². The van der Waals surface area contributed by atoms with E-state index in [2.05, 4.69) is 26.2 Å². The third-order valence-electron chi connectivity index (χ3n) is 1.56. The Morgan fingerprint density at radius 3 is 3.07 bits per heavy atom. The van der Waals surface area contributed by atoms with Gasteiger partial charge < -0.3 is 5.32 Å². The zero-order valence-corrected chi connectivity index (χ0v) is 9.21. The van der Waals surface area contributed by atoms with Gasteiger partial charge in [-0.1, -0.05) is 22.9 Å². The number of amides is 1. The van der Waals surface area contributed by atoms with Crippen molar-refractivity contribution in [2.75, 3.05) is 6.54 Å². The van der Waals surface area contributed by atoms with Gasteiger partial charge in [-0.05, 0) is 6.07 Å². The minimum atomic E-state index is -0.604. The van der Waals surface area contributed by atoms with Crippen molar-refractivity contribution in [1.82, 2.24) is 10.3 Å². The standard InChI is InChI=1S/C9H10BrFN2O/c1-6(10)4-13-9(14)7-2-3-12-5-8(7)11/h2-3,5-6H,4H2,1H3,(H,13,14). The van der Waals surface area contributed by atoms with Crippen molar-refractivity contribution in [3.63, 3.8) is 0 Å². The summed E-state index contributed by atoms with van der Waals surface area (Å²) in [4.78, 5) is 15.1. The Labute approximate surface area is 89.9 Å². The second-order valence-electron chi connectivity index (χ2n) is 2.85. The Hall–Kier alpha value is -0.970. The summed E-state index contributed by atoms with van der Waals surface area (Å²) in [6.07, 6.45) is 2.40. The van der Waals surface area contributed by atoms with E-state index in [1.165, 1.54) is 12.3 Å². The molecule has 3 nitrogen and oxygen atoms in total. The van der Waals surface area contributed by atoms with Crippen LogP contribution >= 0.6 is 15.9 Å². The summed E-state index contributed by atoms with van der Waals surface area (Å²) in [6.45, 7) is 2.35. The molecule has 1 heterocycles. The molecule has 0 aliphatic carbocycles. The number of nitrogens with one attached hydrogen (secondary N) is 1. The summed E-state index contributed by atoms with van der Waals surface area (Å²) in [5, 5.41) is 2.59. The number of rotatable bonds is 3. The molecule has 0 fully saturated rings. The molecule has 1 rings (SSSR count). The van der Waals surface area contributed by atoms with E-state index in [4.69, 9.17) is 0 Å². The van der Waals surface area contributed by atoms with Crippen LogP contribution in [0.1, 0.15) is 17.3 Å². The normalized spacial score (nSPS) is 12.2. The smallest absolute Gasteiger partial charge is 0.254 e. The fourth-order valence-corrected chi connectivity index (χ4v) is 1.05. The van der Waals surface area contributed by atoms with Gasteiger partial charge in [0.25, 0.3) is 5.91 Å². The van der Waals surface area contributed by atoms with Gasteiger partial charge in [0.2, 0.25) is 0 Å². The molecule has 0 saturated carbocycles. The number of aromatic nitrogens is 1. The lowest BCUT2D eigenvalue weighted by Crippen LogP contribution is -2.29. The molecule has 5 heteroatoms. The largest absolute Gasteiger partial charge is 0.351 e. The molecule has 1 aromatic heterocycles. The maximum absolute atomic E-state index is 13.0. The topological polar surface area (TPSA) is 42.0 Å². The predicted octanol–water partition coefficient (Wildman–Crippen LogP) is 1.73. The van der Waals surface area contributed by atoms with Gasteiger partial charge in [-0.3, -0.25) is 9.78 Å². The molecule has 1 amide bonds. The van der Waals surface area contributed by atoms with E-state index in [1.54, 1.807) is 0 Å². The Kier molecular flexibility index (Phi) is 4.00. The number of hydrogen-bond acceptors (Lipinski definition) is 2. The molecule has 1 aromatic rings. The molecule has 0 radical (unpaired) electrons.